The lowest BCUT2D eigenvalue weighted by atomic mass is 9.96. The summed E-state index contributed by atoms with van der Waals surface area (Å²) < 4.78 is 5.48. The Bertz CT molecular complexity index is 1030. The lowest BCUT2D eigenvalue weighted by molar-refractivity contribution is -0.121. The van der Waals surface area contributed by atoms with Crippen LogP contribution >= 0.6 is 0 Å². The van der Waals surface area contributed by atoms with E-state index in [1.54, 1.807) is 0 Å². The van der Waals surface area contributed by atoms with E-state index in [4.69, 9.17) is 4.52 Å². The van der Waals surface area contributed by atoms with Gasteiger partial charge in [-0.3, -0.25) is 9.69 Å². The van der Waals surface area contributed by atoms with E-state index in [9.17, 15) is 4.79 Å². The van der Waals surface area contributed by atoms with Gasteiger partial charge in [-0.2, -0.15) is 4.98 Å². The topological polar surface area (TPSA) is 71.3 Å². The Morgan fingerprint density at radius 1 is 1.19 bits per heavy atom. The van der Waals surface area contributed by atoms with Gasteiger partial charge in [0.05, 0.1) is 12.5 Å². The quantitative estimate of drug-likeness (QED) is 0.609. The number of rotatable bonds is 6. The number of likely N-dealkylation sites (tertiary alicyclic amines) is 1. The average molecular weight is 419 g/mol. The van der Waals surface area contributed by atoms with E-state index in [0.717, 1.165) is 36.2 Å². The molecule has 4 rings (SSSR count). The summed E-state index contributed by atoms with van der Waals surface area (Å²) in [5.41, 5.74) is 4.22. The molecule has 1 unspecified atom stereocenters. The summed E-state index contributed by atoms with van der Waals surface area (Å²) in [4.78, 5) is 19.8. The second-order valence-electron chi connectivity index (χ2n) is 8.68. The van der Waals surface area contributed by atoms with Crippen molar-refractivity contribution in [3.05, 3.63) is 65.5 Å². The number of benzene rings is 2. The molecule has 162 valence electrons. The number of nitrogens with one attached hydrogen (secondary N) is 1. The van der Waals surface area contributed by atoms with Gasteiger partial charge in [-0.25, -0.2) is 0 Å². The molecule has 0 radical (unpaired) electrons. The Morgan fingerprint density at radius 2 is 1.97 bits per heavy atom. The SMILES string of the molecule is Cc1ccc(-c2noc(CN3CCCC(C(=O)Nc4ccccc4C(C)C)C3)n2)cc1. The number of nitrogens with zero attached hydrogens (tertiary/aromatic N) is 3. The van der Waals surface area contributed by atoms with Crippen LogP contribution in [0, 0.1) is 12.8 Å². The molecule has 3 aromatic rings. The van der Waals surface area contributed by atoms with Gasteiger partial charge >= 0.3 is 0 Å². The summed E-state index contributed by atoms with van der Waals surface area (Å²) in [6.07, 6.45) is 1.87. The third-order valence-corrected chi connectivity index (χ3v) is 5.85. The minimum atomic E-state index is -0.0477. The highest BCUT2D eigenvalue weighted by Gasteiger charge is 2.27. The maximum Gasteiger partial charge on any atom is 0.241 e. The van der Waals surface area contributed by atoms with Crippen molar-refractivity contribution in [2.45, 2.75) is 46.1 Å². The fourth-order valence-corrected chi connectivity index (χ4v) is 4.09. The molecule has 0 bridgehead atoms. The molecule has 1 aliphatic rings. The Morgan fingerprint density at radius 3 is 2.74 bits per heavy atom. The number of hydrogen-bond acceptors (Lipinski definition) is 5. The minimum Gasteiger partial charge on any atom is -0.338 e. The number of aromatic nitrogens is 2. The van der Waals surface area contributed by atoms with Crippen LogP contribution in [0.15, 0.2) is 53.1 Å². The van der Waals surface area contributed by atoms with Crippen molar-refractivity contribution < 1.29 is 9.32 Å². The first kappa shape index (κ1) is 21.2. The highest BCUT2D eigenvalue weighted by atomic mass is 16.5. The summed E-state index contributed by atoms with van der Waals surface area (Å²) >= 11 is 0. The van der Waals surface area contributed by atoms with Gasteiger partial charge in [0.1, 0.15) is 0 Å². The van der Waals surface area contributed by atoms with Crippen LogP contribution in [0.3, 0.4) is 0 Å². The Balaban J connectivity index is 1.38. The highest BCUT2D eigenvalue weighted by Crippen LogP contribution is 2.26. The molecule has 2 heterocycles. The van der Waals surface area contributed by atoms with Gasteiger partial charge in [0.2, 0.25) is 17.6 Å². The molecule has 0 spiro atoms. The van der Waals surface area contributed by atoms with Crippen molar-refractivity contribution in [2.24, 2.45) is 5.92 Å². The van der Waals surface area contributed by atoms with Gasteiger partial charge in [-0.1, -0.05) is 67.0 Å². The molecule has 1 N–H and O–H groups in total. The van der Waals surface area contributed by atoms with Crippen LogP contribution in [0.1, 0.15) is 49.6 Å². The number of anilines is 1. The second-order valence-corrected chi connectivity index (χ2v) is 8.68. The number of aryl methyl sites for hydroxylation is 1. The van der Waals surface area contributed by atoms with Gasteiger partial charge < -0.3 is 9.84 Å². The predicted octanol–water partition coefficient (Wildman–Crippen LogP) is 5.02. The molecule has 6 heteroatoms. The van der Waals surface area contributed by atoms with E-state index in [2.05, 4.69) is 47.2 Å². The van der Waals surface area contributed by atoms with Crippen molar-refractivity contribution in [3.8, 4) is 11.4 Å². The number of carbonyl (C=O) groups excluding carboxylic acids is 1. The molecule has 1 amide bonds. The maximum atomic E-state index is 13.0. The van der Waals surface area contributed by atoms with Crippen LogP contribution in [0.5, 0.6) is 0 Å². The molecule has 1 aliphatic heterocycles. The third-order valence-electron chi connectivity index (χ3n) is 5.85. The first-order valence-electron chi connectivity index (χ1n) is 11.0. The lowest BCUT2D eigenvalue weighted by Crippen LogP contribution is -2.40. The van der Waals surface area contributed by atoms with Crippen LogP contribution < -0.4 is 5.32 Å². The smallest absolute Gasteiger partial charge is 0.241 e. The monoisotopic (exact) mass is 418 g/mol. The van der Waals surface area contributed by atoms with Crippen molar-refractivity contribution in [1.29, 1.82) is 0 Å². The molecule has 6 nitrogen and oxygen atoms in total. The van der Waals surface area contributed by atoms with Crippen molar-refractivity contribution in [1.82, 2.24) is 15.0 Å². The van der Waals surface area contributed by atoms with Crippen LogP contribution in [-0.2, 0) is 11.3 Å². The first-order chi connectivity index (χ1) is 15.0. The van der Waals surface area contributed by atoms with E-state index in [1.807, 2.05) is 42.5 Å². The summed E-state index contributed by atoms with van der Waals surface area (Å²) in [7, 11) is 0. The molecular formula is C25H30N4O2. The van der Waals surface area contributed by atoms with E-state index < -0.39 is 0 Å². The fourth-order valence-electron chi connectivity index (χ4n) is 4.09. The fraction of sp³-hybridized carbons (Fsp3) is 0.400. The van der Waals surface area contributed by atoms with Gasteiger partial charge in [0.15, 0.2) is 0 Å². The van der Waals surface area contributed by atoms with E-state index in [0.29, 0.717) is 30.7 Å². The molecular weight excluding hydrogens is 388 g/mol. The molecule has 2 aromatic carbocycles. The number of amides is 1. The molecule has 0 aliphatic carbocycles. The molecule has 31 heavy (non-hydrogen) atoms. The summed E-state index contributed by atoms with van der Waals surface area (Å²) in [5.74, 6) is 1.59. The van der Waals surface area contributed by atoms with Crippen LogP contribution in [-0.4, -0.2) is 34.0 Å². The number of para-hydroxylation sites is 1. The summed E-state index contributed by atoms with van der Waals surface area (Å²) in [6.45, 7) is 8.51. The normalized spacial score (nSPS) is 17.1. The Kier molecular flexibility index (Phi) is 6.47. The molecule has 1 saturated heterocycles. The standard InChI is InChI=1S/C25H30N4O2/c1-17(2)21-8-4-5-9-22(21)26-25(30)20-7-6-14-29(15-20)16-23-27-24(28-31-23)19-12-10-18(3)11-13-19/h4-5,8-13,17,20H,6-7,14-16H2,1-3H3,(H,26,30). The molecule has 1 atom stereocenters. The maximum absolute atomic E-state index is 13.0. The van der Waals surface area contributed by atoms with Gasteiger partial charge in [0.25, 0.3) is 0 Å². The first-order valence-corrected chi connectivity index (χ1v) is 11.0. The number of piperidine rings is 1. The van der Waals surface area contributed by atoms with Gasteiger partial charge in [-0.05, 0) is 43.9 Å². The van der Waals surface area contributed by atoms with Crippen molar-refractivity contribution in [2.75, 3.05) is 18.4 Å². The third kappa shape index (κ3) is 5.20. The minimum absolute atomic E-state index is 0.0477. The van der Waals surface area contributed by atoms with Gasteiger partial charge in [-0.15, -0.1) is 0 Å². The Labute approximate surface area is 183 Å². The zero-order valence-electron chi connectivity index (χ0n) is 18.5. The van der Waals surface area contributed by atoms with Crippen LogP contribution in [0.4, 0.5) is 5.69 Å². The largest absolute Gasteiger partial charge is 0.338 e. The van der Waals surface area contributed by atoms with E-state index in [-0.39, 0.29) is 11.8 Å². The molecule has 1 aromatic heterocycles. The average Bonchev–Trinajstić information content (AvgIpc) is 3.23. The van der Waals surface area contributed by atoms with Crippen molar-refractivity contribution >= 4 is 11.6 Å². The van der Waals surface area contributed by atoms with E-state index >= 15 is 0 Å². The number of hydrogen-bond donors (Lipinski definition) is 1. The Hall–Kier alpha value is -2.99. The molecule has 1 fully saturated rings. The number of carbonyl (C=O) groups is 1. The van der Waals surface area contributed by atoms with Crippen LogP contribution in [0.25, 0.3) is 11.4 Å². The van der Waals surface area contributed by atoms with Gasteiger partial charge in [0, 0.05) is 17.8 Å². The predicted molar refractivity (Wildman–Crippen MR) is 122 cm³/mol. The zero-order valence-corrected chi connectivity index (χ0v) is 18.5. The van der Waals surface area contributed by atoms with E-state index in [1.165, 1.54) is 5.56 Å². The summed E-state index contributed by atoms with van der Waals surface area (Å²) in [5, 5.41) is 7.28. The lowest BCUT2D eigenvalue weighted by Gasteiger charge is -2.31. The van der Waals surface area contributed by atoms with Crippen molar-refractivity contribution in [3.63, 3.8) is 0 Å². The van der Waals surface area contributed by atoms with Crippen LogP contribution in [0.2, 0.25) is 0 Å². The zero-order chi connectivity index (χ0) is 21.8. The second kappa shape index (κ2) is 9.43. The molecule has 0 saturated carbocycles. The summed E-state index contributed by atoms with van der Waals surface area (Å²) in [6, 6.07) is 16.1. The highest BCUT2D eigenvalue weighted by molar-refractivity contribution is 5.93.